The van der Waals surface area contributed by atoms with Gasteiger partial charge in [-0.15, -0.1) is 0 Å². The van der Waals surface area contributed by atoms with E-state index in [2.05, 4.69) is 21.3 Å². The van der Waals surface area contributed by atoms with Crippen molar-refractivity contribution >= 4 is 16.8 Å². The number of hydrogen-bond donors (Lipinski definition) is 1. The van der Waals surface area contributed by atoms with Crippen LogP contribution in [0.2, 0.25) is 0 Å². The standard InChI is InChI=1S/C16H15FN4O/c17-10-1-2-12-13(6-10)18-19-15(12)16(22)21-11-5-9-3-4-20(7-11)8-14(9)21/h1-2,6,8-9,11H,3-5,7H2,(H,18,19)/t9-,11-/m1/s1. The number of fused-ring (bicyclic) bond motifs is 3. The first-order chi connectivity index (χ1) is 10.7. The van der Waals surface area contributed by atoms with E-state index in [1.807, 2.05) is 4.90 Å². The molecule has 1 saturated heterocycles. The molecule has 4 heterocycles. The summed E-state index contributed by atoms with van der Waals surface area (Å²) in [5, 5.41) is 7.60. The maximum absolute atomic E-state index is 13.3. The molecule has 3 bridgehead atoms. The number of aromatic nitrogens is 2. The smallest absolute Gasteiger partial charge is 0.279 e. The van der Waals surface area contributed by atoms with Crippen LogP contribution in [-0.4, -0.2) is 45.0 Å². The summed E-state index contributed by atoms with van der Waals surface area (Å²) in [6.45, 7) is 2.00. The van der Waals surface area contributed by atoms with Crippen molar-refractivity contribution < 1.29 is 9.18 Å². The van der Waals surface area contributed by atoms with Gasteiger partial charge in [0, 0.05) is 36.3 Å². The van der Waals surface area contributed by atoms with Crippen LogP contribution in [0.15, 0.2) is 30.1 Å². The largest absolute Gasteiger partial charge is 0.374 e. The molecule has 0 radical (unpaired) electrons. The van der Waals surface area contributed by atoms with Gasteiger partial charge in [-0.3, -0.25) is 9.89 Å². The second-order valence-corrected chi connectivity index (χ2v) is 6.36. The normalized spacial score (nSPS) is 26.0. The Kier molecular flexibility index (Phi) is 2.27. The second-order valence-electron chi connectivity index (χ2n) is 6.36. The number of halogens is 1. The zero-order valence-electron chi connectivity index (χ0n) is 11.9. The summed E-state index contributed by atoms with van der Waals surface area (Å²) >= 11 is 0. The van der Waals surface area contributed by atoms with Gasteiger partial charge in [-0.1, -0.05) is 0 Å². The lowest BCUT2D eigenvalue weighted by molar-refractivity contribution is 0.0716. The van der Waals surface area contributed by atoms with Crippen LogP contribution in [0.3, 0.4) is 0 Å². The highest BCUT2D eigenvalue weighted by Crippen LogP contribution is 2.43. The van der Waals surface area contributed by atoms with E-state index in [0.717, 1.165) is 31.6 Å². The van der Waals surface area contributed by atoms with Crippen molar-refractivity contribution in [1.29, 1.82) is 0 Å². The highest BCUT2D eigenvalue weighted by atomic mass is 19.1. The van der Waals surface area contributed by atoms with E-state index in [1.165, 1.54) is 12.1 Å². The first-order valence-corrected chi connectivity index (χ1v) is 7.63. The lowest BCUT2D eigenvalue weighted by Gasteiger charge is -2.38. The molecule has 3 aliphatic rings. The molecule has 5 rings (SSSR count). The quantitative estimate of drug-likeness (QED) is 0.877. The number of carbonyl (C=O) groups excluding carboxylic acids is 1. The maximum Gasteiger partial charge on any atom is 0.279 e. The number of allylic oxidation sites excluding steroid dienone is 1. The number of hydrogen-bond acceptors (Lipinski definition) is 3. The Morgan fingerprint density at radius 1 is 1.41 bits per heavy atom. The van der Waals surface area contributed by atoms with Gasteiger partial charge in [-0.25, -0.2) is 4.39 Å². The summed E-state index contributed by atoms with van der Waals surface area (Å²) < 4.78 is 13.3. The molecule has 2 atom stereocenters. The van der Waals surface area contributed by atoms with Crippen LogP contribution >= 0.6 is 0 Å². The van der Waals surface area contributed by atoms with Crippen LogP contribution < -0.4 is 0 Å². The van der Waals surface area contributed by atoms with Gasteiger partial charge in [0.05, 0.1) is 11.6 Å². The Morgan fingerprint density at radius 2 is 2.32 bits per heavy atom. The summed E-state index contributed by atoms with van der Waals surface area (Å²) in [5.74, 6) is 0.0921. The Labute approximate surface area is 126 Å². The van der Waals surface area contributed by atoms with Crippen molar-refractivity contribution in [2.75, 3.05) is 13.1 Å². The van der Waals surface area contributed by atoms with E-state index >= 15 is 0 Å². The van der Waals surface area contributed by atoms with E-state index in [9.17, 15) is 9.18 Å². The van der Waals surface area contributed by atoms with E-state index in [0.29, 0.717) is 22.5 Å². The number of amides is 1. The molecular weight excluding hydrogens is 283 g/mol. The van der Waals surface area contributed by atoms with Crippen molar-refractivity contribution in [2.24, 2.45) is 5.92 Å². The molecule has 1 N–H and O–H groups in total. The van der Waals surface area contributed by atoms with E-state index in [-0.39, 0.29) is 17.8 Å². The van der Waals surface area contributed by atoms with E-state index < -0.39 is 0 Å². The lowest BCUT2D eigenvalue weighted by atomic mass is 9.99. The number of benzene rings is 1. The molecule has 0 unspecified atom stereocenters. The van der Waals surface area contributed by atoms with E-state index in [4.69, 9.17) is 0 Å². The topological polar surface area (TPSA) is 52.2 Å². The van der Waals surface area contributed by atoms with Crippen LogP contribution in [0.25, 0.3) is 10.9 Å². The first-order valence-electron chi connectivity index (χ1n) is 7.63. The summed E-state index contributed by atoms with van der Waals surface area (Å²) in [4.78, 5) is 17.2. The molecule has 112 valence electrons. The van der Waals surface area contributed by atoms with Gasteiger partial charge in [-0.2, -0.15) is 5.10 Å². The average Bonchev–Trinajstić information content (AvgIpc) is 2.95. The molecular formula is C16H15FN4O. The zero-order chi connectivity index (χ0) is 14.8. The number of aromatic amines is 1. The van der Waals surface area contributed by atoms with Gasteiger partial charge < -0.3 is 9.80 Å². The van der Waals surface area contributed by atoms with Gasteiger partial charge in [-0.05, 0) is 31.0 Å². The number of nitrogens with zero attached hydrogens (tertiary/aromatic N) is 3. The fraction of sp³-hybridized carbons (Fsp3) is 0.375. The van der Waals surface area contributed by atoms with Crippen LogP contribution in [-0.2, 0) is 0 Å². The van der Waals surface area contributed by atoms with Crippen LogP contribution in [0.4, 0.5) is 4.39 Å². The molecule has 5 nitrogen and oxygen atoms in total. The van der Waals surface area contributed by atoms with Crippen molar-refractivity contribution in [3.05, 3.63) is 41.6 Å². The van der Waals surface area contributed by atoms with Crippen molar-refractivity contribution in [3.63, 3.8) is 0 Å². The zero-order valence-corrected chi connectivity index (χ0v) is 11.9. The molecule has 1 aromatic heterocycles. The molecule has 6 heteroatoms. The van der Waals surface area contributed by atoms with Crippen LogP contribution in [0.1, 0.15) is 23.3 Å². The minimum atomic E-state index is -0.332. The summed E-state index contributed by atoms with van der Waals surface area (Å²) in [7, 11) is 0. The number of carbonyl (C=O) groups is 1. The molecule has 1 fully saturated rings. The van der Waals surface area contributed by atoms with Crippen LogP contribution in [0.5, 0.6) is 0 Å². The Bertz CT molecular complexity index is 825. The minimum Gasteiger partial charge on any atom is -0.374 e. The number of nitrogens with one attached hydrogen (secondary N) is 1. The van der Waals surface area contributed by atoms with Crippen molar-refractivity contribution in [1.82, 2.24) is 20.0 Å². The predicted molar refractivity (Wildman–Crippen MR) is 78.4 cm³/mol. The van der Waals surface area contributed by atoms with E-state index in [1.54, 1.807) is 6.07 Å². The molecule has 22 heavy (non-hydrogen) atoms. The van der Waals surface area contributed by atoms with Crippen molar-refractivity contribution in [3.8, 4) is 0 Å². The highest BCUT2D eigenvalue weighted by Gasteiger charge is 2.46. The van der Waals surface area contributed by atoms with Gasteiger partial charge in [0.25, 0.3) is 5.91 Å². The lowest BCUT2D eigenvalue weighted by Crippen LogP contribution is -2.46. The third kappa shape index (κ3) is 1.52. The maximum atomic E-state index is 13.3. The third-order valence-corrected chi connectivity index (χ3v) is 5.09. The summed E-state index contributed by atoms with van der Waals surface area (Å²) in [6, 6.07) is 4.60. The van der Waals surface area contributed by atoms with Crippen molar-refractivity contribution in [2.45, 2.75) is 18.9 Å². The Balaban J connectivity index is 1.58. The summed E-state index contributed by atoms with van der Waals surface area (Å²) in [5.41, 5.74) is 2.08. The molecule has 2 aromatic rings. The summed E-state index contributed by atoms with van der Waals surface area (Å²) in [6.07, 6.45) is 4.30. The Hall–Kier alpha value is -2.37. The third-order valence-electron chi connectivity index (χ3n) is 5.09. The van der Waals surface area contributed by atoms with Crippen LogP contribution in [0, 0.1) is 11.7 Å². The molecule has 0 saturated carbocycles. The predicted octanol–water partition coefficient (Wildman–Crippen LogP) is 2.09. The minimum absolute atomic E-state index is 0.0711. The molecule has 1 aromatic carbocycles. The molecule has 1 amide bonds. The van der Waals surface area contributed by atoms with Gasteiger partial charge >= 0.3 is 0 Å². The number of rotatable bonds is 1. The fourth-order valence-corrected chi connectivity index (χ4v) is 4.09. The highest BCUT2D eigenvalue weighted by molar-refractivity contribution is 6.05. The molecule has 3 aliphatic heterocycles. The first kappa shape index (κ1) is 12.2. The number of H-pyrrole nitrogens is 1. The van der Waals surface area contributed by atoms with Gasteiger partial charge in [0.15, 0.2) is 5.69 Å². The monoisotopic (exact) mass is 298 g/mol. The molecule has 0 spiro atoms. The average molecular weight is 298 g/mol. The van der Waals surface area contributed by atoms with Gasteiger partial charge in [0.1, 0.15) is 5.82 Å². The molecule has 0 aliphatic carbocycles. The second kappa shape index (κ2) is 4.09. The van der Waals surface area contributed by atoms with Gasteiger partial charge in [0.2, 0.25) is 0 Å². The fourth-order valence-electron chi connectivity index (χ4n) is 4.09. The SMILES string of the molecule is O=C(c1n[nH]c2cc(F)ccc12)N1C2=CN3CC[C@@H]2C[C@@H]1C3. The Morgan fingerprint density at radius 3 is 3.23 bits per heavy atom.